The van der Waals surface area contributed by atoms with Gasteiger partial charge in [-0.2, -0.15) is 0 Å². The Morgan fingerprint density at radius 3 is 2.80 bits per heavy atom. The summed E-state index contributed by atoms with van der Waals surface area (Å²) in [5.41, 5.74) is 1.58. The van der Waals surface area contributed by atoms with E-state index < -0.39 is 0 Å². The quantitative estimate of drug-likeness (QED) is 0.799. The SMILES string of the molecule is C[C@H](c1ccccc1)n1cncc1C(=O)OC1COC1. The Bertz CT molecular complexity index is 590. The van der Waals surface area contributed by atoms with E-state index >= 15 is 0 Å². The number of hydrogen-bond donors (Lipinski definition) is 0. The zero-order valence-electron chi connectivity index (χ0n) is 11.2. The first-order valence-electron chi connectivity index (χ1n) is 6.61. The molecule has 1 fully saturated rings. The van der Waals surface area contributed by atoms with Crippen molar-refractivity contribution in [2.75, 3.05) is 13.2 Å². The van der Waals surface area contributed by atoms with Crippen LogP contribution in [0.15, 0.2) is 42.9 Å². The molecular formula is C15H16N2O3. The van der Waals surface area contributed by atoms with Gasteiger partial charge in [-0.3, -0.25) is 0 Å². The van der Waals surface area contributed by atoms with Gasteiger partial charge in [0.1, 0.15) is 11.8 Å². The van der Waals surface area contributed by atoms with E-state index in [-0.39, 0.29) is 18.1 Å². The highest BCUT2D eigenvalue weighted by Crippen LogP contribution is 2.20. The number of nitrogens with zero attached hydrogens (tertiary/aromatic N) is 2. The summed E-state index contributed by atoms with van der Waals surface area (Å²) < 4.78 is 12.2. The number of esters is 1. The third kappa shape index (κ3) is 2.44. The average molecular weight is 272 g/mol. The molecule has 20 heavy (non-hydrogen) atoms. The fraction of sp³-hybridized carbons (Fsp3) is 0.333. The number of hydrogen-bond acceptors (Lipinski definition) is 4. The molecule has 0 unspecified atom stereocenters. The van der Waals surface area contributed by atoms with Crippen molar-refractivity contribution in [3.63, 3.8) is 0 Å². The minimum absolute atomic E-state index is 0.0268. The third-order valence-corrected chi connectivity index (χ3v) is 3.46. The van der Waals surface area contributed by atoms with E-state index in [2.05, 4.69) is 4.98 Å². The van der Waals surface area contributed by atoms with Crippen LogP contribution in [-0.4, -0.2) is 34.8 Å². The van der Waals surface area contributed by atoms with Crippen LogP contribution in [0, 0.1) is 0 Å². The number of carbonyl (C=O) groups is 1. The molecule has 0 N–H and O–H groups in total. The van der Waals surface area contributed by atoms with Gasteiger partial charge in [-0.25, -0.2) is 9.78 Å². The second kappa shape index (κ2) is 5.46. The summed E-state index contributed by atoms with van der Waals surface area (Å²) in [6.07, 6.45) is 3.07. The number of rotatable bonds is 4. The van der Waals surface area contributed by atoms with Crippen molar-refractivity contribution >= 4 is 5.97 Å². The molecule has 0 bridgehead atoms. The maximum atomic E-state index is 12.1. The Labute approximate surface area is 117 Å². The van der Waals surface area contributed by atoms with Gasteiger partial charge in [-0.05, 0) is 12.5 Å². The minimum atomic E-state index is -0.349. The normalized spacial score (nSPS) is 16.4. The van der Waals surface area contributed by atoms with Crippen molar-refractivity contribution < 1.29 is 14.3 Å². The second-order valence-corrected chi connectivity index (χ2v) is 4.84. The van der Waals surface area contributed by atoms with Gasteiger partial charge in [0.25, 0.3) is 0 Å². The maximum Gasteiger partial charge on any atom is 0.357 e. The molecule has 2 aromatic rings. The van der Waals surface area contributed by atoms with E-state index in [9.17, 15) is 4.79 Å². The largest absolute Gasteiger partial charge is 0.453 e. The number of carbonyl (C=O) groups excluding carboxylic acids is 1. The lowest BCUT2D eigenvalue weighted by Gasteiger charge is -2.26. The zero-order chi connectivity index (χ0) is 13.9. The lowest BCUT2D eigenvalue weighted by atomic mass is 10.1. The van der Waals surface area contributed by atoms with Gasteiger partial charge in [0.15, 0.2) is 0 Å². The predicted octanol–water partition coefficient (Wildman–Crippen LogP) is 2.05. The van der Waals surface area contributed by atoms with Crippen LogP contribution >= 0.6 is 0 Å². The van der Waals surface area contributed by atoms with E-state index in [1.165, 1.54) is 0 Å². The van der Waals surface area contributed by atoms with Crippen LogP contribution in [0.4, 0.5) is 0 Å². The summed E-state index contributed by atoms with van der Waals surface area (Å²) >= 11 is 0. The fourth-order valence-corrected chi connectivity index (χ4v) is 2.16. The molecule has 1 aliphatic rings. The Balaban J connectivity index is 1.80. The molecule has 1 aliphatic heterocycles. The molecule has 0 aliphatic carbocycles. The molecular weight excluding hydrogens is 256 g/mol. The zero-order valence-corrected chi connectivity index (χ0v) is 11.2. The molecule has 1 saturated heterocycles. The molecule has 5 heteroatoms. The highest BCUT2D eigenvalue weighted by molar-refractivity contribution is 5.87. The average Bonchev–Trinajstić information content (AvgIpc) is 2.92. The van der Waals surface area contributed by atoms with E-state index in [1.807, 2.05) is 41.8 Å². The van der Waals surface area contributed by atoms with Gasteiger partial charge < -0.3 is 14.0 Å². The Morgan fingerprint density at radius 2 is 2.15 bits per heavy atom. The monoisotopic (exact) mass is 272 g/mol. The van der Waals surface area contributed by atoms with Gasteiger partial charge in [0.05, 0.1) is 31.8 Å². The summed E-state index contributed by atoms with van der Waals surface area (Å²) in [6, 6.07) is 10.0. The summed E-state index contributed by atoms with van der Waals surface area (Å²) in [7, 11) is 0. The lowest BCUT2D eigenvalue weighted by Crippen LogP contribution is -2.38. The summed E-state index contributed by atoms with van der Waals surface area (Å²) in [5, 5.41) is 0. The predicted molar refractivity (Wildman–Crippen MR) is 72.5 cm³/mol. The lowest BCUT2D eigenvalue weighted by molar-refractivity contribution is -0.103. The molecule has 0 radical (unpaired) electrons. The molecule has 0 amide bonds. The van der Waals surface area contributed by atoms with Gasteiger partial charge in [0, 0.05) is 0 Å². The number of benzene rings is 1. The minimum Gasteiger partial charge on any atom is -0.453 e. The second-order valence-electron chi connectivity index (χ2n) is 4.84. The number of ether oxygens (including phenoxy) is 2. The van der Waals surface area contributed by atoms with Crippen LogP contribution in [0.1, 0.15) is 29.0 Å². The van der Waals surface area contributed by atoms with Crippen molar-refractivity contribution in [3.05, 3.63) is 54.1 Å². The fourth-order valence-electron chi connectivity index (χ4n) is 2.16. The van der Waals surface area contributed by atoms with Gasteiger partial charge >= 0.3 is 5.97 Å². The van der Waals surface area contributed by atoms with E-state index in [4.69, 9.17) is 9.47 Å². The molecule has 2 heterocycles. The standard InChI is InChI=1S/C15H16N2O3/c1-11(12-5-3-2-4-6-12)17-10-16-7-14(17)15(18)20-13-8-19-9-13/h2-7,10-11,13H,8-9H2,1H3/t11-/m1/s1. The first kappa shape index (κ1) is 12.9. The Morgan fingerprint density at radius 1 is 1.40 bits per heavy atom. The van der Waals surface area contributed by atoms with Gasteiger partial charge in [-0.15, -0.1) is 0 Å². The Kier molecular flexibility index (Phi) is 3.52. The van der Waals surface area contributed by atoms with E-state index in [0.717, 1.165) is 5.56 Å². The smallest absolute Gasteiger partial charge is 0.357 e. The molecule has 104 valence electrons. The Hall–Kier alpha value is -2.14. The third-order valence-electron chi connectivity index (χ3n) is 3.46. The highest BCUT2D eigenvalue weighted by atomic mass is 16.6. The van der Waals surface area contributed by atoms with E-state index in [1.54, 1.807) is 12.5 Å². The summed E-state index contributed by atoms with van der Waals surface area (Å²) in [4.78, 5) is 16.2. The van der Waals surface area contributed by atoms with Crippen molar-refractivity contribution in [2.24, 2.45) is 0 Å². The van der Waals surface area contributed by atoms with Gasteiger partial charge in [-0.1, -0.05) is 30.3 Å². The summed E-state index contributed by atoms with van der Waals surface area (Å²) in [6.45, 7) is 2.99. The molecule has 0 saturated carbocycles. The van der Waals surface area contributed by atoms with Crippen LogP contribution in [0.3, 0.4) is 0 Å². The molecule has 0 spiro atoms. The van der Waals surface area contributed by atoms with Crippen LogP contribution in [0.2, 0.25) is 0 Å². The molecule has 1 aromatic heterocycles. The topological polar surface area (TPSA) is 53.4 Å². The van der Waals surface area contributed by atoms with Crippen molar-refractivity contribution in [1.29, 1.82) is 0 Å². The van der Waals surface area contributed by atoms with E-state index in [0.29, 0.717) is 18.9 Å². The van der Waals surface area contributed by atoms with Crippen LogP contribution in [0.5, 0.6) is 0 Å². The van der Waals surface area contributed by atoms with Crippen LogP contribution in [-0.2, 0) is 9.47 Å². The molecule has 1 aromatic carbocycles. The van der Waals surface area contributed by atoms with Crippen molar-refractivity contribution in [3.8, 4) is 0 Å². The summed E-state index contributed by atoms with van der Waals surface area (Å²) in [5.74, 6) is -0.349. The first-order chi connectivity index (χ1) is 9.75. The van der Waals surface area contributed by atoms with Crippen molar-refractivity contribution in [1.82, 2.24) is 9.55 Å². The highest BCUT2D eigenvalue weighted by Gasteiger charge is 2.26. The maximum absolute atomic E-state index is 12.1. The molecule has 1 atom stereocenters. The molecule has 3 rings (SSSR count). The van der Waals surface area contributed by atoms with Crippen molar-refractivity contribution in [2.45, 2.75) is 19.1 Å². The van der Waals surface area contributed by atoms with Crippen LogP contribution < -0.4 is 0 Å². The number of imidazole rings is 1. The number of aromatic nitrogens is 2. The molecule has 5 nitrogen and oxygen atoms in total. The first-order valence-corrected chi connectivity index (χ1v) is 6.61. The van der Waals surface area contributed by atoms with Gasteiger partial charge in [0.2, 0.25) is 0 Å². The van der Waals surface area contributed by atoms with Crippen LogP contribution in [0.25, 0.3) is 0 Å².